The molecule has 0 saturated carbocycles. The molecule has 0 fully saturated rings. The Kier molecular flexibility index (Phi) is 7.91. The number of carbonyl (C=O) groups excluding carboxylic acids is 1. The van der Waals surface area contributed by atoms with Gasteiger partial charge < -0.3 is 28.4 Å². The van der Waals surface area contributed by atoms with E-state index in [1.54, 1.807) is 0 Å². The summed E-state index contributed by atoms with van der Waals surface area (Å²) >= 11 is 0. The molecule has 0 heterocycles. The van der Waals surface area contributed by atoms with Crippen LogP contribution < -0.4 is 23.7 Å². The lowest BCUT2D eigenvalue weighted by Crippen LogP contribution is -2.11. The summed E-state index contributed by atoms with van der Waals surface area (Å²) in [7, 11) is 7.42. The van der Waals surface area contributed by atoms with Gasteiger partial charge >= 0.3 is 5.97 Å². The number of esters is 1. The normalized spacial score (nSPS) is 11.8. The third-order valence-electron chi connectivity index (χ3n) is 3.61. The standard InChI is InChI=1S/C18H26O7/c1-8-11(2)25-13(19)10-9-12-14(20-3)16(22-5)18(24-7)17(23-6)15(12)21-4/h9-11H,8H2,1-7H3. The lowest BCUT2D eigenvalue weighted by Gasteiger charge is -2.20. The number of hydrogen-bond acceptors (Lipinski definition) is 7. The Bertz CT molecular complexity index is 589. The van der Waals surface area contributed by atoms with Crippen molar-refractivity contribution in [2.75, 3.05) is 35.5 Å². The number of methoxy groups -OCH3 is 5. The smallest absolute Gasteiger partial charge is 0.331 e. The molecule has 7 heteroatoms. The molecular weight excluding hydrogens is 328 g/mol. The van der Waals surface area contributed by atoms with Gasteiger partial charge in [0, 0.05) is 6.08 Å². The minimum Gasteiger partial charge on any atom is -0.492 e. The van der Waals surface area contributed by atoms with E-state index in [-0.39, 0.29) is 6.10 Å². The molecule has 0 aliphatic rings. The van der Waals surface area contributed by atoms with Crippen molar-refractivity contribution in [1.82, 2.24) is 0 Å². The average Bonchev–Trinajstić information content (AvgIpc) is 2.63. The summed E-state index contributed by atoms with van der Waals surface area (Å²) in [5.41, 5.74) is 0.473. The predicted molar refractivity (Wildman–Crippen MR) is 94.1 cm³/mol. The van der Waals surface area contributed by atoms with Gasteiger partial charge in [0.05, 0.1) is 47.2 Å². The monoisotopic (exact) mass is 354 g/mol. The first kappa shape index (κ1) is 20.5. The van der Waals surface area contributed by atoms with E-state index in [0.717, 1.165) is 6.42 Å². The van der Waals surface area contributed by atoms with Gasteiger partial charge in [-0.3, -0.25) is 0 Å². The first-order chi connectivity index (χ1) is 12.0. The first-order valence-electron chi connectivity index (χ1n) is 7.81. The maximum absolute atomic E-state index is 11.9. The Morgan fingerprint density at radius 2 is 1.24 bits per heavy atom. The van der Waals surface area contributed by atoms with Crippen LogP contribution in [0.2, 0.25) is 0 Å². The molecule has 0 radical (unpaired) electrons. The van der Waals surface area contributed by atoms with Gasteiger partial charge in [0.25, 0.3) is 0 Å². The zero-order valence-electron chi connectivity index (χ0n) is 15.8. The van der Waals surface area contributed by atoms with E-state index >= 15 is 0 Å². The minimum absolute atomic E-state index is 0.166. The highest BCUT2D eigenvalue weighted by Gasteiger charge is 2.27. The van der Waals surface area contributed by atoms with Crippen LogP contribution >= 0.6 is 0 Å². The van der Waals surface area contributed by atoms with E-state index in [0.29, 0.717) is 34.3 Å². The van der Waals surface area contributed by atoms with Crippen molar-refractivity contribution in [3.8, 4) is 28.7 Å². The van der Waals surface area contributed by atoms with E-state index in [2.05, 4.69) is 0 Å². The lowest BCUT2D eigenvalue weighted by molar-refractivity contribution is -0.142. The summed E-state index contributed by atoms with van der Waals surface area (Å²) in [5.74, 6) is 1.23. The molecule has 0 saturated heterocycles. The molecule has 25 heavy (non-hydrogen) atoms. The summed E-state index contributed by atoms with van der Waals surface area (Å²) in [4.78, 5) is 11.9. The van der Waals surface area contributed by atoms with Crippen LogP contribution in [0.15, 0.2) is 6.08 Å². The topological polar surface area (TPSA) is 72.5 Å². The lowest BCUT2D eigenvalue weighted by atomic mass is 10.1. The van der Waals surface area contributed by atoms with Gasteiger partial charge in [0.1, 0.15) is 0 Å². The molecule has 7 nitrogen and oxygen atoms in total. The third kappa shape index (κ3) is 4.49. The molecule has 0 bridgehead atoms. The van der Waals surface area contributed by atoms with Crippen molar-refractivity contribution < 1.29 is 33.2 Å². The maximum Gasteiger partial charge on any atom is 0.331 e. The molecule has 0 aromatic heterocycles. The zero-order chi connectivity index (χ0) is 19.0. The van der Waals surface area contributed by atoms with Crippen LogP contribution in [0, 0.1) is 0 Å². The van der Waals surface area contributed by atoms with Crippen LogP contribution in [0.3, 0.4) is 0 Å². The average molecular weight is 354 g/mol. The molecule has 1 rings (SSSR count). The van der Waals surface area contributed by atoms with Gasteiger partial charge in [-0.2, -0.15) is 0 Å². The molecule has 1 unspecified atom stereocenters. The van der Waals surface area contributed by atoms with Gasteiger partial charge in [-0.05, 0) is 19.4 Å². The van der Waals surface area contributed by atoms with Gasteiger partial charge in [0.15, 0.2) is 11.5 Å². The Labute approximate surface area is 148 Å². The molecule has 0 amide bonds. The van der Waals surface area contributed by atoms with Crippen molar-refractivity contribution in [2.45, 2.75) is 26.4 Å². The summed E-state index contributed by atoms with van der Waals surface area (Å²) in [6, 6.07) is 0. The molecule has 140 valence electrons. The Balaban J connectivity index is 3.49. The quantitative estimate of drug-likeness (QED) is 0.498. The number of benzene rings is 1. The fourth-order valence-corrected chi connectivity index (χ4v) is 2.24. The van der Waals surface area contributed by atoms with Crippen LogP contribution in [-0.4, -0.2) is 47.6 Å². The SMILES string of the molecule is CCC(C)OC(=O)C=Cc1c(OC)c(OC)c(OC)c(OC)c1OC. The van der Waals surface area contributed by atoms with Crippen LogP contribution in [-0.2, 0) is 9.53 Å². The van der Waals surface area contributed by atoms with Crippen molar-refractivity contribution in [3.63, 3.8) is 0 Å². The second-order valence-corrected chi connectivity index (χ2v) is 5.07. The fourth-order valence-electron chi connectivity index (χ4n) is 2.24. The maximum atomic E-state index is 11.9. The molecule has 0 spiro atoms. The second-order valence-electron chi connectivity index (χ2n) is 5.07. The Hall–Kier alpha value is -2.57. The molecular formula is C18H26O7. The van der Waals surface area contributed by atoms with Gasteiger partial charge in [-0.1, -0.05) is 6.92 Å². The highest BCUT2D eigenvalue weighted by atomic mass is 16.6. The largest absolute Gasteiger partial charge is 0.492 e. The number of hydrogen-bond donors (Lipinski definition) is 0. The molecule has 0 N–H and O–H groups in total. The molecule has 1 aromatic rings. The fraction of sp³-hybridized carbons (Fsp3) is 0.500. The highest BCUT2D eigenvalue weighted by Crippen LogP contribution is 2.53. The molecule has 1 atom stereocenters. The van der Waals surface area contributed by atoms with E-state index < -0.39 is 5.97 Å². The van der Waals surface area contributed by atoms with Gasteiger partial charge in [-0.25, -0.2) is 4.79 Å². The number of carbonyl (C=O) groups is 1. The van der Waals surface area contributed by atoms with Crippen LogP contribution in [0.1, 0.15) is 25.8 Å². The third-order valence-corrected chi connectivity index (χ3v) is 3.61. The van der Waals surface area contributed by atoms with Crippen molar-refractivity contribution in [2.24, 2.45) is 0 Å². The van der Waals surface area contributed by atoms with Crippen LogP contribution in [0.4, 0.5) is 0 Å². The van der Waals surface area contributed by atoms with E-state index in [1.807, 2.05) is 13.8 Å². The Morgan fingerprint density at radius 1 is 0.840 bits per heavy atom. The number of rotatable bonds is 9. The predicted octanol–water partition coefficient (Wildman–Crippen LogP) is 3.08. The molecule has 1 aromatic carbocycles. The molecule has 0 aliphatic heterocycles. The van der Waals surface area contributed by atoms with Gasteiger partial charge in [-0.15, -0.1) is 0 Å². The summed E-state index contributed by atoms with van der Waals surface area (Å²) in [6.07, 6.45) is 3.40. The first-order valence-corrected chi connectivity index (χ1v) is 7.81. The second kappa shape index (κ2) is 9.66. The zero-order valence-corrected chi connectivity index (χ0v) is 15.8. The van der Waals surface area contributed by atoms with Crippen molar-refractivity contribution in [3.05, 3.63) is 11.6 Å². The van der Waals surface area contributed by atoms with E-state index in [1.165, 1.54) is 47.7 Å². The van der Waals surface area contributed by atoms with E-state index in [4.69, 9.17) is 28.4 Å². The summed E-state index contributed by atoms with van der Waals surface area (Å²) in [6.45, 7) is 3.76. The minimum atomic E-state index is -0.466. The van der Waals surface area contributed by atoms with Crippen molar-refractivity contribution >= 4 is 12.0 Å². The van der Waals surface area contributed by atoms with Crippen molar-refractivity contribution in [1.29, 1.82) is 0 Å². The summed E-state index contributed by atoms with van der Waals surface area (Å²) < 4.78 is 32.3. The summed E-state index contributed by atoms with van der Waals surface area (Å²) in [5, 5.41) is 0. The number of ether oxygens (including phenoxy) is 6. The Morgan fingerprint density at radius 3 is 1.60 bits per heavy atom. The highest BCUT2D eigenvalue weighted by molar-refractivity contribution is 5.90. The van der Waals surface area contributed by atoms with Crippen LogP contribution in [0.5, 0.6) is 28.7 Å². The van der Waals surface area contributed by atoms with Crippen LogP contribution in [0.25, 0.3) is 6.08 Å². The van der Waals surface area contributed by atoms with Gasteiger partial charge in [0.2, 0.25) is 17.2 Å². The molecule has 0 aliphatic carbocycles. The van der Waals surface area contributed by atoms with E-state index in [9.17, 15) is 4.79 Å².